The highest BCUT2D eigenvalue weighted by molar-refractivity contribution is 14.1. The Morgan fingerprint density at radius 1 is 1.26 bits per heavy atom. The summed E-state index contributed by atoms with van der Waals surface area (Å²) in [5.41, 5.74) is 1.20. The first kappa shape index (κ1) is 12.2. The molecule has 0 aliphatic rings. The first-order valence-electron chi connectivity index (χ1n) is 5.55. The number of furan rings is 1. The highest BCUT2D eigenvalue weighted by Crippen LogP contribution is 2.26. The quantitative estimate of drug-likeness (QED) is 0.517. The predicted molar refractivity (Wildman–Crippen MR) is 78.5 cm³/mol. The summed E-state index contributed by atoms with van der Waals surface area (Å²) in [4.78, 5) is 23.5. The molecule has 0 bridgehead atoms. The summed E-state index contributed by atoms with van der Waals surface area (Å²) < 4.78 is 7.49. The largest absolute Gasteiger partial charge is 0.459 e. The summed E-state index contributed by atoms with van der Waals surface area (Å²) in [5, 5.41) is 0.790. The van der Waals surface area contributed by atoms with E-state index in [0.29, 0.717) is 11.1 Å². The van der Waals surface area contributed by atoms with E-state index in [0.717, 1.165) is 15.2 Å². The standard InChI is InChI=1S/C14H8INO3/c15-10-3-1-4-11-13(10)9(8-17)7-16(11)14(18)12-5-2-6-19-12/h1-8H. The molecule has 0 saturated heterocycles. The van der Waals surface area contributed by atoms with Crippen molar-refractivity contribution in [1.82, 2.24) is 4.57 Å². The van der Waals surface area contributed by atoms with Crippen LogP contribution in [0.25, 0.3) is 10.9 Å². The molecular weight excluding hydrogens is 357 g/mol. The van der Waals surface area contributed by atoms with Crippen LogP contribution in [-0.2, 0) is 0 Å². The van der Waals surface area contributed by atoms with Gasteiger partial charge in [-0.15, -0.1) is 0 Å². The minimum absolute atomic E-state index is 0.244. The Balaban J connectivity index is 2.28. The van der Waals surface area contributed by atoms with Gasteiger partial charge < -0.3 is 4.42 Å². The lowest BCUT2D eigenvalue weighted by Crippen LogP contribution is -2.09. The van der Waals surface area contributed by atoms with Crippen LogP contribution in [0.4, 0.5) is 0 Å². The van der Waals surface area contributed by atoms with Gasteiger partial charge in [0, 0.05) is 20.7 Å². The Morgan fingerprint density at radius 3 is 2.79 bits per heavy atom. The van der Waals surface area contributed by atoms with Gasteiger partial charge in [0.1, 0.15) is 0 Å². The lowest BCUT2D eigenvalue weighted by atomic mass is 10.2. The van der Waals surface area contributed by atoms with E-state index in [-0.39, 0.29) is 11.7 Å². The summed E-state index contributed by atoms with van der Waals surface area (Å²) in [6.45, 7) is 0. The Labute approximate surface area is 122 Å². The molecule has 0 atom stereocenters. The maximum absolute atomic E-state index is 12.3. The van der Waals surface area contributed by atoms with Crippen molar-refractivity contribution in [2.45, 2.75) is 0 Å². The zero-order valence-corrected chi connectivity index (χ0v) is 11.8. The van der Waals surface area contributed by atoms with Gasteiger partial charge in [-0.05, 0) is 46.9 Å². The van der Waals surface area contributed by atoms with Crippen molar-refractivity contribution in [3.05, 3.63) is 57.7 Å². The number of rotatable bonds is 2. The molecule has 2 heterocycles. The number of aldehydes is 1. The predicted octanol–water partition coefficient (Wildman–Crippen LogP) is 3.34. The average Bonchev–Trinajstić information content (AvgIpc) is 3.06. The van der Waals surface area contributed by atoms with Gasteiger partial charge in [0.25, 0.3) is 5.91 Å². The van der Waals surface area contributed by atoms with E-state index in [9.17, 15) is 9.59 Å². The van der Waals surface area contributed by atoms with E-state index in [1.54, 1.807) is 18.3 Å². The molecule has 3 aromatic rings. The van der Waals surface area contributed by atoms with Crippen molar-refractivity contribution in [2.24, 2.45) is 0 Å². The van der Waals surface area contributed by atoms with Crippen LogP contribution in [0.1, 0.15) is 20.9 Å². The number of halogens is 1. The smallest absolute Gasteiger partial charge is 0.298 e. The zero-order chi connectivity index (χ0) is 13.4. The van der Waals surface area contributed by atoms with Crippen LogP contribution in [0.2, 0.25) is 0 Å². The van der Waals surface area contributed by atoms with Crippen LogP contribution < -0.4 is 0 Å². The summed E-state index contributed by atoms with van der Waals surface area (Å²) in [7, 11) is 0. The third-order valence-corrected chi connectivity index (χ3v) is 3.78. The minimum Gasteiger partial charge on any atom is -0.459 e. The molecule has 0 aliphatic heterocycles. The highest BCUT2D eigenvalue weighted by atomic mass is 127. The lowest BCUT2D eigenvalue weighted by Gasteiger charge is -2.01. The Morgan fingerprint density at radius 2 is 2.11 bits per heavy atom. The molecule has 4 nitrogen and oxygen atoms in total. The molecule has 94 valence electrons. The van der Waals surface area contributed by atoms with Gasteiger partial charge in [0.15, 0.2) is 12.0 Å². The van der Waals surface area contributed by atoms with Crippen molar-refractivity contribution in [3.63, 3.8) is 0 Å². The second-order valence-corrected chi connectivity index (χ2v) is 5.15. The fourth-order valence-corrected chi connectivity index (χ4v) is 2.84. The van der Waals surface area contributed by atoms with E-state index in [4.69, 9.17) is 4.42 Å². The summed E-state index contributed by atoms with van der Waals surface area (Å²) in [6, 6.07) is 8.82. The van der Waals surface area contributed by atoms with Crippen LogP contribution in [0.3, 0.4) is 0 Å². The fourth-order valence-electron chi connectivity index (χ4n) is 2.05. The maximum Gasteiger partial charge on any atom is 0.298 e. The molecule has 0 N–H and O–H groups in total. The molecule has 0 radical (unpaired) electrons. The van der Waals surface area contributed by atoms with E-state index >= 15 is 0 Å². The number of hydrogen-bond acceptors (Lipinski definition) is 3. The van der Waals surface area contributed by atoms with Crippen molar-refractivity contribution < 1.29 is 14.0 Å². The Bertz CT molecular complexity index is 771. The van der Waals surface area contributed by atoms with Gasteiger partial charge in [-0.2, -0.15) is 0 Å². The molecule has 5 heteroatoms. The maximum atomic E-state index is 12.3. The number of carbonyl (C=O) groups excluding carboxylic acids is 2. The Kier molecular flexibility index (Phi) is 2.98. The molecule has 2 aromatic heterocycles. The molecule has 0 amide bonds. The van der Waals surface area contributed by atoms with E-state index in [2.05, 4.69) is 22.6 Å². The molecule has 3 rings (SSSR count). The van der Waals surface area contributed by atoms with E-state index in [1.807, 2.05) is 18.2 Å². The number of fused-ring (bicyclic) bond motifs is 1. The normalized spacial score (nSPS) is 10.8. The van der Waals surface area contributed by atoms with Crippen molar-refractivity contribution in [3.8, 4) is 0 Å². The molecule has 0 fully saturated rings. The number of carbonyl (C=O) groups is 2. The second-order valence-electron chi connectivity index (χ2n) is 3.99. The van der Waals surface area contributed by atoms with Crippen LogP contribution in [0.15, 0.2) is 47.2 Å². The summed E-state index contributed by atoms with van der Waals surface area (Å²) in [6.07, 6.45) is 3.75. The summed E-state index contributed by atoms with van der Waals surface area (Å²) >= 11 is 2.15. The highest BCUT2D eigenvalue weighted by Gasteiger charge is 2.18. The molecule has 19 heavy (non-hydrogen) atoms. The fraction of sp³-hybridized carbons (Fsp3) is 0. The second kappa shape index (κ2) is 4.65. The van der Waals surface area contributed by atoms with Gasteiger partial charge >= 0.3 is 0 Å². The number of nitrogens with zero attached hydrogens (tertiary/aromatic N) is 1. The van der Waals surface area contributed by atoms with Crippen molar-refractivity contribution >= 4 is 45.7 Å². The van der Waals surface area contributed by atoms with Gasteiger partial charge in [0.2, 0.25) is 0 Å². The van der Waals surface area contributed by atoms with E-state index in [1.165, 1.54) is 10.8 Å². The van der Waals surface area contributed by atoms with Gasteiger partial charge in [-0.3, -0.25) is 14.2 Å². The van der Waals surface area contributed by atoms with Gasteiger partial charge in [-0.25, -0.2) is 0 Å². The van der Waals surface area contributed by atoms with Gasteiger partial charge in [0.05, 0.1) is 11.8 Å². The zero-order valence-electron chi connectivity index (χ0n) is 9.67. The topological polar surface area (TPSA) is 52.2 Å². The first-order chi connectivity index (χ1) is 9.22. The number of aromatic nitrogens is 1. The third kappa shape index (κ3) is 1.90. The first-order valence-corrected chi connectivity index (χ1v) is 6.63. The van der Waals surface area contributed by atoms with Crippen LogP contribution in [0.5, 0.6) is 0 Å². The minimum atomic E-state index is -0.287. The van der Waals surface area contributed by atoms with Crippen molar-refractivity contribution in [1.29, 1.82) is 0 Å². The molecule has 0 saturated carbocycles. The third-order valence-electron chi connectivity index (χ3n) is 2.89. The van der Waals surface area contributed by atoms with E-state index < -0.39 is 0 Å². The molecule has 0 aliphatic carbocycles. The SMILES string of the molecule is O=Cc1cn(C(=O)c2ccco2)c2cccc(I)c12. The molecular formula is C14H8INO3. The average molecular weight is 365 g/mol. The molecule has 0 spiro atoms. The van der Waals surface area contributed by atoms with Crippen molar-refractivity contribution in [2.75, 3.05) is 0 Å². The summed E-state index contributed by atoms with van der Waals surface area (Å²) in [5.74, 6) is -0.0432. The van der Waals surface area contributed by atoms with Crippen LogP contribution in [-0.4, -0.2) is 16.8 Å². The molecule has 1 aromatic carbocycles. The van der Waals surface area contributed by atoms with Crippen LogP contribution in [0, 0.1) is 3.57 Å². The van der Waals surface area contributed by atoms with Gasteiger partial charge in [-0.1, -0.05) is 6.07 Å². The van der Waals surface area contributed by atoms with Crippen LogP contribution >= 0.6 is 22.6 Å². The monoisotopic (exact) mass is 365 g/mol. The number of hydrogen-bond donors (Lipinski definition) is 0. The Hall–Kier alpha value is -1.89. The lowest BCUT2D eigenvalue weighted by molar-refractivity contribution is 0.0937. The number of benzene rings is 1. The molecule has 0 unspecified atom stereocenters.